The lowest BCUT2D eigenvalue weighted by molar-refractivity contribution is -0.127. The normalized spacial score (nSPS) is 15.5. The monoisotopic (exact) mass is 492 g/mol. The fourth-order valence-corrected chi connectivity index (χ4v) is 3.83. The number of nitrogens with one attached hydrogen (secondary N) is 1. The van der Waals surface area contributed by atoms with E-state index < -0.39 is 17.1 Å². The predicted octanol–water partition coefficient (Wildman–Crippen LogP) is 4.58. The average molecular weight is 492 g/mol. The summed E-state index contributed by atoms with van der Waals surface area (Å²) < 4.78 is 1.08. The number of anilines is 1. The molecule has 2 aromatic carbocycles. The van der Waals surface area contributed by atoms with E-state index in [2.05, 4.69) is 27.9 Å². The summed E-state index contributed by atoms with van der Waals surface area (Å²) in [5.41, 5.74) is 3.53. The lowest BCUT2D eigenvalue weighted by Gasteiger charge is -2.14. The van der Waals surface area contributed by atoms with Crippen molar-refractivity contribution in [2.75, 3.05) is 11.9 Å². The van der Waals surface area contributed by atoms with Gasteiger partial charge in [0, 0.05) is 9.26 Å². The Kier molecular flexibility index (Phi) is 6.01. The van der Waals surface area contributed by atoms with Gasteiger partial charge < -0.3 is 5.32 Å². The van der Waals surface area contributed by atoms with Crippen molar-refractivity contribution in [3.8, 4) is 0 Å². The maximum Gasteiger partial charge on any atom is 0.294 e. The summed E-state index contributed by atoms with van der Waals surface area (Å²) in [5, 5.41) is 2.32. The van der Waals surface area contributed by atoms with Crippen molar-refractivity contribution in [1.29, 1.82) is 0 Å². The minimum atomic E-state index is -0.445. The predicted molar refractivity (Wildman–Crippen MR) is 116 cm³/mol. The topological polar surface area (TPSA) is 66.5 Å². The number of thioether (sulfide) groups is 1. The van der Waals surface area contributed by atoms with Crippen molar-refractivity contribution in [3.63, 3.8) is 0 Å². The molecule has 0 bridgehead atoms. The average Bonchev–Trinajstić information content (AvgIpc) is 2.87. The molecule has 0 radical (unpaired) electrons. The van der Waals surface area contributed by atoms with Gasteiger partial charge in [-0.15, -0.1) is 0 Å². The second-order valence-corrected chi connectivity index (χ2v) is 8.42. The van der Waals surface area contributed by atoms with Crippen molar-refractivity contribution in [3.05, 3.63) is 67.6 Å². The standard InChI is InChI=1S/C20H17IN2O3S/c1-12-3-8-16(13(2)9-12)22-18(24)11-23-19(25)17(27-20(23)26)10-14-4-6-15(21)7-5-14/h3-10H,11H2,1-2H3,(H,22,24). The minimum absolute atomic E-state index is 0.304. The second-order valence-electron chi connectivity index (χ2n) is 6.19. The zero-order chi connectivity index (χ0) is 19.6. The molecular formula is C20H17IN2O3S. The zero-order valence-electron chi connectivity index (χ0n) is 14.8. The van der Waals surface area contributed by atoms with Crippen LogP contribution in [0.2, 0.25) is 0 Å². The van der Waals surface area contributed by atoms with Crippen LogP contribution in [-0.2, 0) is 9.59 Å². The van der Waals surface area contributed by atoms with E-state index in [1.807, 2.05) is 56.3 Å². The van der Waals surface area contributed by atoms with Crippen LogP contribution >= 0.6 is 34.4 Å². The number of halogens is 1. The minimum Gasteiger partial charge on any atom is -0.324 e. The molecule has 1 aliphatic heterocycles. The Morgan fingerprint density at radius 2 is 1.85 bits per heavy atom. The van der Waals surface area contributed by atoms with E-state index in [9.17, 15) is 14.4 Å². The number of aryl methyl sites for hydroxylation is 2. The van der Waals surface area contributed by atoms with Crippen LogP contribution < -0.4 is 5.32 Å². The highest BCUT2D eigenvalue weighted by atomic mass is 127. The third-order valence-corrected chi connectivity index (χ3v) is 5.63. The Balaban J connectivity index is 1.69. The Morgan fingerprint density at radius 1 is 1.15 bits per heavy atom. The molecule has 1 saturated heterocycles. The molecule has 3 amide bonds. The SMILES string of the molecule is Cc1ccc(NC(=O)CN2C(=O)SC(=Cc3ccc(I)cc3)C2=O)c(C)c1. The molecule has 1 aliphatic rings. The molecule has 7 heteroatoms. The quantitative estimate of drug-likeness (QED) is 0.501. The van der Waals surface area contributed by atoms with Crippen LogP contribution in [0.1, 0.15) is 16.7 Å². The first-order valence-corrected chi connectivity index (χ1v) is 10.1. The zero-order valence-corrected chi connectivity index (χ0v) is 17.8. The summed E-state index contributed by atoms with van der Waals surface area (Å²) in [6.45, 7) is 3.56. The van der Waals surface area contributed by atoms with E-state index in [1.165, 1.54) is 0 Å². The van der Waals surface area contributed by atoms with E-state index in [0.717, 1.165) is 36.9 Å². The van der Waals surface area contributed by atoms with Crippen molar-refractivity contribution in [1.82, 2.24) is 4.90 Å². The summed E-state index contributed by atoms with van der Waals surface area (Å²) in [6, 6.07) is 13.3. The smallest absolute Gasteiger partial charge is 0.294 e. The number of imide groups is 1. The van der Waals surface area contributed by atoms with Gasteiger partial charge in [0.05, 0.1) is 4.91 Å². The third kappa shape index (κ3) is 4.78. The molecule has 0 atom stereocenters. The van der Waals surface area contributed by atoms with Crippen molar-refractivity contribution in [2.45, 2.75) is 13.8 Å². The molecule has 5 nitrogen and oxygen atoms in total. The maximum absolute atomic E-state index is 12.5. The largest absolute Gasteiger partial charge is 0.324 e. The van der Waals surface area contributed by atoms with Crippen molar-refractivity contribution in [2.24, 2.45) is 0 Å². The molecule has 0 aliphatic carbocycles. The Bertz CT molecular complexity index is 954. The Hall–Kier alpha value is -2.13. The lowest BCUT2D eigenvalue weighted by Crippen LogP contribution is -2.36. The molecule has 0 aromatic heterocycles. The summed E-state index contributed by atoms with van der Waals surface area (Å²) in [7, 11) is 0. The number of carbonyl (C=O) groups is 3. The van der Waals surface area contributed by atoms with E-state index in [0.29, 0.717) is 10.6 Å². The molecule has 3 rings (SSSR count). The van der Waals surface area contributed by atoms with Crippen LogP contribution in [-0.4, -0.2) is 28.5 Å². The molecular weight excluding hydrogens is 475 g/mol. The molecule has 0 unspecified atom stereocenters. The molecule has 138 valence electrons. The number of hydrogen-bond acceptors (Lipinski definition) is 4. The van der Waals surface area contributed by atoms with E-state index in [4.69, 9.17) is 0 Å². The highest BCUT2D eigenvalue weighted by Crippen LogP contribution is 2.32. The molecule has 1 fully saturated rings. The van der Waals surface area contributed by atoms with E-state index >= 15 is 0 Å². The lowest BCUT2D eigenvalue weighted by atomic mass is 10.1. The fraction of sp³-hybridized carbons (Fsp3) is 0.150. The van der Waals surface area contributed by atoms with Crippen LogP contribution in [0.15, 0.2) is 47.4 Å². The van der Waals surface area contributed by atoms with Gasteiger partial charge in [0.2, 0.25) is 5.91 Å². The van der Waals surface area contributed by atoms with E-state index in [-0.39, 0.29) is 6.54 Å². The van der Waals surface area contributed by atoms with Gasteiger partial charge in [-0.2, -0.15) is 0 Å². The second kappa shape index (κ2) is 8.26. The van der Waals surface area contributed by atoms with Gasteiger partial charge in [0.15, 0.2) is 0 Å². The molecule has 0 saturated carbocycles. The highest BCUT2D eigenvalue weighted by molar-refractivity contribution is 14.1. The molecule has 1 N–H and O–H groups in total. The molecule has 1 heterocycles. The number of rotatable bonds is 4. The summed E-state index contributed by atoms with van der Waals surface area (Å²) in [5.74, 6) is -0.848. The van der Waals surface area contributed by atoms with Gasteiger partial charge in [-0.3, -0.25) is 19.3 Å². The van der Waals surface area contributed by atoms with Crippen LogP contribution in [0.3, 0.4) is 0 Å². The fourth-order valence-electron chi connectivity index (χ4n) is 2.63. The van der Waals surface area contributed by atoms with Crippen molar-refractivity contribution < 1.29 is 14.4 Å². The van der Waals surface area contributed by atoms with Crippen molar-refractivity contribution >= 4 is 63.2 Å². The van der Waals surface area contributed by atoms with Crippen LogP contribution in [0.5, 0.6) is 0 Å². The number of carbonyl (C=O) groups excluding carboxylic acids is 3. The summed E-state index contributed by atoms with van der Waals surface area (Å²) >= 11 is 3.05. The van der Waals surface area contributed by atoms with Crippen LogP contribution in [0.4, 0.5) is 10.5 Å². The van der Waals surface area contributed by atoms with Crippen LogP contribution in [0.25, 0.3) is 6.08 Å². The van der Waals surface area contributed by atoms with Crippen LogP contribution in [0, 0.1) is 17.4 Å². The van der Waals surface area contributed by atoms with Gasteiger partial charge in [0.25, 0.3) is 11.1 Å². The molecule has 2 aromatic rings. The first-order chi connectivity index (χ1) is 12.8. The molecule has 27 heavy (non-hydrogen) atoms. The van der Waals surface area contributed by atoms with Gasteiger partial charge in [-0.1, -0.05) is 29.8 Å². The van der Waals surface area contributed by atoms with Gasteiger partial charge >= 0.3 is 0 Å². The van der Waals surface area contributed by atoms with Gasteiger partial charge in [-0.05, 0) is 83.6 Å². The number of benzene rings is 2. The molecule has 0 spiro atoms. The van der Waals surface area contributed by atoms with Gasteiger partial charge in [-0.25, -0.2) is 0 Å². The number of nitrogens with zero attached hydrogens (tertiary/aromatic N) is 1. The maximum atomic E-state index is 12.5. The highest BCUT2D eigenvalue weighted by Gasteiger charge is 2.36. The van der Waals surface area contributed by atoms with E-state index in [1.54, 1.807) is 6.08 Å². The Morgan fingerprint density at radius 3 is 2.52 bits per heavy atom. The Labute approximate surface area is 175 Å². The third-order valence-electron chi connectivity index (χ3n) is 4.00. The summed E-state index contributed by atoms with van der Waals surface area (Å²) in [6.07, 6.45) is 1.67. The first kappa shape index (κ1) is 19.6. The number of hydrogen-bond donors (Lipinski definition) is 1. The van der Waals surface area contributed by atoms with Gasteiger partial charge in [0.1, 0.15) is 6.54 Å². The summed E-state index contributed by atoms with van der Waals surface area (Å²) in [4.78, 5) is 38.3. The number of amides is 3. The first-order valence-electron chi connectivity index (χ1n) is 8.21.